The van der Waals surface area contributed by atoms with Gasteiger partial charge in [0.15, 0.2) is 0 Å². The Kier molecular flexibility index (Phi) is 3.53. The van der Waals surface area contributed by atoms with Gasteiger partial charge >= 0.3 is 0 Å². The number of aryl methyl sites for hydroxylation is 1. The Morgan fingerprint density at radius 3 is 3.22 bits per heavy atom. The Labute approximate surface area is 138 Å². The van der Waals surface area contributed by atoms with Crippen molar-refractivity contribution >= 4 is 23.2 Å². The molecule has 1 unspecified atom stereocenters. The highest BCUT2D eigenvalue weighted by Gasteiger charge is 2.22. The number of aromatic nitrogens is 4. The van der Waals surface area contributed by atoms with Crippen LogP contribution in [-0.2, 0) is 0 Å². The molecule has 0 saturated carbocycles. The molecule has 23 heavy (non-hydrogen) atoms. The summed E-state index contributed by atoms with van der Waals surface area (Å²) in [6.45, 7) is 2.61. The van der Waals surface area contributed by atoms with E-state index in [1.54, 1.807) is 4.52 Å². The van der Waals surface area contributed by atoms with Crippen molar-refractivity contribution < 1.29 is 4.74 Å². The summed E-state index contributed by atoms with van der Waals surface area (Å²) in [6.07, 6.45) is 3.41. The minimum atomic E-state index is 0.0976. The van der Waals surface area contributed by atoms with E-state index >= 15 is 0 Å². The molecule has 0 radical (unpaired) electrons. The van der Waals surface area contributed by atoms with Gasteiger partial charge in [-0.15, -0.1) is 0 Å². The fourth-order valence-corrected chi connectivity index (χ4v) is 3.17. The maximum Gasteiger partial charge on any atom is 0.254 e. The Bertz CT molecular complexity index is 863. The first kappa shape index (κ1) is 14.3. The number of benzene rings is 1. The quantitative estimate of drug-likeness (QED) is 0.780. The smallest absolute Gasteiger partial charge is 0.254 e. The highest BCUT2D eigenvalue weighted by Crippen LogP contribution is 2.38. The second-order valence-electron chi connectivity index (χ2n) is 5.60. The number of ether oxygens (including phenoxy) is 1. The van der Waals surface area contributed by atoms with E-state index in [9.17, 15) is 0 Å². The molecule has 1 aliphatic rings. The summed E-state index contributed by atoms with van der Waals surface area (Å²) in [5, 5.41) is 8.45. The molecule has 3 aromatic rings. The summed E-state index contributed by atoms with van der Waals surface area (Å²) >= 11 is 6.30. The van der Waals surface area contributed by atoms with Crippen LogP contribution in [0, 0.1) is 6.92 Å². The predicted molar refractivity (Wildman–Crippen MR) is 88.1 cm³/mol. The topological polar surface area (TPSA) is 64.3 Å². The maximum absolute atomic E-state index is 6.30. The van der Waals surface area contributed by atoms with Crippen LogP contribution in [-0.4, -0.2) is 26.2 Å². The minimum Gasteiger partial charge on any atom is -0.492 e. The van der Waals surface area contributed by atoms with E-state index in [1.165, 1.54) is 6.33 Å². The van der Waals surface area contributed by atoms with Crippen LogP contribution in [0.5, 0.6) is 5.75 Å². The fraction of sp³-hybridized carbons (Fsp3) is 0.312. The lowest BCUT2D eigenvalue weighted by Crippen LogP contribution is -2.14. The second kappa shape index (κ2) is 5.70. The minimum absolute atomic E-state index is 0.0976. The summed E-state index contributed by atoms with van der Waals surface area (Å²) in [7, 11) is 0. The van der Waals surface area contributed by atoms with Gasteiger partial charge in [0.1, 0.15) is 17.9 Å². The molecule has 7 heteroatoms. The molecule has 4 rings (SSSR count). The standard InChI is InChI=1S/C16H16ClN5O/c1-10-8-14(22-16(20-10)18-9-19-22)21-13-6-3-7-23-15-11(13)4-2-5-12(15)17/h2,4-5,8-9,13,21H,3,6-7H2,1H3. The largest absolute Gasteiger partial charge is 0.492 e. The van der Waals surface area contributed by atoms with E-state index in [0.717, 1.165) is 35.7 Å². The molecule has 0 saturated heterocycles. The molecule has 0 fully saturated rings. The van der Waals surface area contributed by atoms with Gasteiger partial charge in [0.2, 0.25) is 0 Å². The molecule has 1 atom stereocenters. The van der Waals surface area contributed by atoms with Crippen LogP contribution in [0.25, 0.3) is 5.78 Å². The molecule has 1 N–H and O–H groups in total. The molecule has 3 heterocycles. The van der Waals surface area contributed by atoms with E-state index in [-0.39, 0.29) is 6.04 Å². The Morgan fingerprint density at radius 2 is 2.30 bits per heavy atom. The third-order valence-electron chi connectivity index (χ3n) is 3.96. The zero-order valence-electron chi connectivity index (χ0n) is 12.7. The second-order valence-corrected chi connectivity index (χ2v) is 6.01. The first-order valence-electron chi connectivity index (χ1n) is 7.57. The van der Waals surface area contributed by atoms with Crippen molar-refractivity contribution in [3.05, 3.63) is 46.9 Å². The van der Waals surface area contributed by atoms with Crippen LogP contribution < -0.4 is 10.1 Å². The molecule has 6 nitrogen and oxygen atoms in total. The van der Waals surface area contributed by atoms with Crippen LogP contribution >= 0.6 is 11.6 Å². The maximum atomic E-state index is 6.30. The molecule has 1 aliphatic heterocycles. The third-order valence-corrected chi connectivity index (χ3v) is 4.26. The number of fused-ring (bicyclic) bond motifs is 2. The Balaban J connectivity index is 1.76. The van der Waals surface area contributed by atoms with Crippen molar-refractivity contribution in [3.8, 4) is 5.75 Å². The molecular formula is C16H16ClN5O. The van der Waals surface area contributed by atoms with Gasteiger partial charge < -0.3 is 10.1 Å². The number of anilines is 1. The predicted octanol–water partition coefficient (Wildman–Crippen LogP) is 3.41. The average Bonchev–Trinajstić information content (AvgIpc) is 2.90. The summed E-state index contributed by atoms with van der Waals surface area (Å²) in [5.74, 6) is 2.22. The number of nitrogens with one attached hydrogen (secondary N) is 1. The average molecular weight is 330 g/mol. The van der Waals surface area contributed by atoms with Crippen molar-refractivity contribution in [1.29, 1.82) is 0 Å². The monoisotopic (exact) mass is 329 g/mol. The summed E-state index contributed by atoms with van der Waals surface area (Å²) in [4.78, 5) is 8.54. The van der Waals surface area contributed by atoms with Crippen molar-refractivity contribution in [2.75, 3.05) is 11.9 Å². The summed E-state index contributed by atoms with van der Waals surface area (Å²) in [5.41, 5.74) is 1.96. The van der Waals surface area contributed by atoms with E-state index in [4.69, 9.17) is 16.3 Å². The van der Waals surface area contributed by atoms with Gasteiger partial charge in [-0.3, -0.25) is 0 Å². The molecule has 0 amide bonds. The van der Waals surface area contributed by atoms with Gasteiger partial charge in [-0.2, -0.15) is 14.6 Å². The highest BCUT2D eigenvalue weighted by atomic mass is 35.5. The van der Waals surface area contributed by atoms with Crippen LogP contribution in [0.15, 0.2) is 30.6 Å². The van der Waals surface area contributed by atoms with Crippen LogP contribution in [0.4, 0.5) is 5.82 Å². The van der Waals surface area contributed by atoms with Crippen LogP contribution in [0.3, 0.4) is 0 Å². The SMILES string of the molecule is Cc1cc(NC2CCCOc3c(Cl)cccc32)n2ncnc2n1. The van der Waals surface area contributed by atoms with Crippen molar-refractivity contribution in [2.24, 2.45) is 0 Å². The number of nitrogens with zero attached hydrogens (tertiary/aromatic N) is 4. The molecule has 118 valence electrons. The van der Waals surface area contributed by atoms with Gasteiger partial charge in [0.05, 0.1) is 17.7 Å². The van der Waals surface area contributed by atoms with Gasteiger partial charge in [0.25, 0.3) is 5.78 Å². The number of para-hydroxylation sites is 1. The van der Waals surface area contributed by atoms with E-state index in [2.05, 4.69) is 26.4 Å². The number of halogens is 1. The number of rotatable bonds is 2. The summed E-state index contributed by atoms with van der Waals surface area (Å²) < 4.78 is 7.54. The molecule has 0 spiro atoms. The van der Waals surface area contributed by atoms with Gasteiger partial charge in [-0.1, -0.05) is 23.7 Å². The lowest BCUT2D eigenvalue weighted by Gasteiger charge is -2.20. The Morgan fingerprint density at radius 1 is 1.39 bits per heavy atom. The van der Waals surface area contributed by atoms with Crippen LogP contribution in [0.2, 0.25) is 5.02 Å². The molecule has 0 aliphatic carbocycles. The Hall–Kier alpha value is -2.34. The lowest BCUT2D eigenvalue weighted by atomic mass is 10.0. The van der Waals surface area contributed by atoms with Crippen molar-refractivity contribution in [2.45, 2.75) is 25.8 Å². The lowest BCUT2D eigenvalue weighted by molar-refractivity contribution is 0.316. The molecule has 1 aromatic carbocycles. The zero-order chi connectivity index (χ0) is 15.8. The number of hydrogen-bond donors (Lipinski definition) is 1. The van der Waals surface area contributed by atoms with E-state index in [0.29, 0.717) is 17.4 Å². The highest BCUT2D eigenvalue weighted by molar-refractivity contribution is 6.32. The molecule has 2 aromatic heterocycles. The zero-order valence-corrected chi connectivity index (χ0v) is 13.4. The van der Waals surface area contributed by atoms with Gasteiger partial charge in [-0.05, 0) is 25.8 Å². The van der Waals surface area contributed by atoms with Crippen molar-refractivity contribution in [3.63, 3.8) is 0 Å². The van der Waals surface area contributed by atoms with E-state index < -0.39 is 0 Å². The van der Waals surface area contributed by atoms with Gasteiger partial charge in [-0.25, -0.2) is 4.98 Å². The molecular weight excluding hydrogens is 314 g/mol. The first-order chi connectivity index (χ1) is 11.2. The first-order valence-corrected chi connectivity index (χ1v) is 7.95. The summed E-state index contributed by atoms with van der Waals surface area (Å²) in [6, 6.07) is 7.93. The van der Waals surface area contributed by atoms with Crippen molar-refractivity contribution in [1.82, 2.24) is 19.6 Å². The van der Waals surface area contributed by atoms with Gasteiger partial charge in [0, 0.05) is 17.3 Å². The fourth-order valence-electron chi connectivity index (χ4n) is 2.93. The van der Waals surface area contributed by atoms with E-state index in [1.807, 2.05) is 25.1 Å². The number of hydrogen-bond acceptors (Lipinski definition) is 5. The third kappa shape index (κ3) is 2.59. The normalized spacial score (nSPS) is 17.4. The molecule has 0 bridgehead atoms. The van der Waals surface area contributed by atoms with Crippen LogP contribution in [0.1, 0.15) is 30.1 Å².